The lowest BCUT2D eigenvalue weighted by molar-refractivity contribution is 0.0326. The van der Waals surface area contributed by atoms with Gasteiger partial charge >= 0.3 is 0 Å². The van der Waals surface area contributed by atoms with E-state index in [1.165, 1.54) is 16.7 Å². The molecule has 0 aliphatic rings. The summed E-state index contributed by atoms with van der Waals surface area (Å²) in [6, 6.07) is 14.4. The molecule has 2 aromatic rings. The van der Waals surface area contributed by atoms with Crippen molar-refractivity contribution in [2.45, 2.75) is 39.2 Å². The molecule has 0 fully saturated rings. The Morgan fingerprint density at radius 2 is 1.80 bits per heavy atom. The number of rotatable bonds is 4. The molecule has 1 atom stereocenters. The second-order valence-corrected chi connectivity index (χ2v) is 6.41. The minimum atomic E-state index is -0.814. The summed E-state index contributed by atoms with van der Waals surface area (Å²) in [5, 5.41) is 11.0. The van der Waals surface area contributed by atoms with Gasteiger partial charge in [-0.15, -0.1) is 0 Å². The second kappa shape index (κ2) is 6.11. The van der Waals surface area contributed by atoms with Crippen LogP contribution in [-0.4, -0.2) is 5.11 Å². The second-order valence-electron chi connectivity index (χ2n) is 5.49. The summed E-state index contributed by atoms with van der Waals surface area (Å²) in [4.78, 5) is 0. The third kappa shape index (κ3) is 3.31. The van der Waals surface area contributed by atoms with Gasteiger partial charge in [-0.2, -0.15) is 0 Å². The van der Waals surface area contributed by atoms with Gasteiger partial charge in [0.1, 0.15) is 0 Å². The molecule has 0 aromatic heterocycles. The van der Waals surface area contributed by atoms with Gasteiger partial charge in [0.15, 0.2) is 0 Å². The third-order valence-corrected chi connectivity index (χ3v) is 4.51. The van der Waals surface area contributed by atoms with Gasteiger partial charge in [0.25, 0.3) is 0 Å². The van der Waals surface area contributed by atoms with Crippen molar-refractivity contribution in [1.82, 2.24) is 0 Å². The first kappa shape index (κ1) is 15.3. The Hall–Kier alpha value is -1.12. The third-order valence-electron chi connectivity index (χ3n) is 4.01. The summed E-state index contributed by atoms with van der Waals surface area (Å²) in [7, 11) is 0. The highest BCUT2D eigenvalue weighted by atomic mass is 79.9. The van der Waals surface area contributed by atoms with E-state index in [-0.39, 0.29) is 0 Å². The molecule has 2 heteroatoms. The van der Waals surface area contributed by atoms with Crippen LogP contribution >= 0.6 is 15.9 Å². The number of benzene rings is 2. The van der Waals surface area contributed by atoms with Crippen LogP contribution < -0.4 is 0 Å². The summed E-state index contributed by atoms with van der Waals surface area (Å²) in [6.45, 7) is 6.25. The van der Waals surface area contributed by atoms with E-state index in [4.69, 9.17) is 0 Å². The predicted octanol–water partition coefficient (Wildman–Crippen LogP) is 4.91. The number of aryl methyl sites for hydroxylation is 2. The van der Waals surface area contributed by atoms with E-state index in [1.807, 2.05) is 31.2 Å². The van der Waals surface area contributed by atoms with E-state index >= 15 is 0 Å². The molecule has 0 spiro atoms. The Morgan fingerprint density at radius 3 is 2.40 bits per heavy atom. The minimum absolute atomic E-state index is 0.640. The molecule has 2 aromatic carbocycles. The first-order valence-electron chi connectivity index (χ1n) is 6.99. The van der Waals surface area contributed by atoms with Crippen LogP contribution in [0.5, 0.6) is 0 Å². The van der Waals surface area contributed by atoms with E-state index in [0.717, 1.165) is 10.0 Å². The molecular formula is C18H21BrO. The maximum Gasteiger partial charge on any atom is 0.0934 e. The number of hydrogen-bond donors (Lipinski definition) is 1. The Balaban J connectivity index is 2.33. The van der Waals surface area contributed by atoms with Gasteiger partial charge in [-0.3, -0.25) is 0 Å². The van der Waals surface area contributed by atoms with Gasteiger partial charge in [-0.05, 0) is 54.7 Å². The first-order valence-corrected chi connectivity index (χ1v) is 7.78. The van der Waals surface area contributed by atoms with E-state index in [9.17, 15) is 5.11 Å². The highest BCUT2D eigenvalue weighted by molar-refractivity contribution is 9.10. The van der Waals surface area contributed by atoms with Crippen LogP contribution in [0.25, 0.3) is 0 Å². The lowest BCUT2D eigenvalue weighted by Crippen LogP contribution is -2.27. The molecule has 1 N–H and O–H groups in total. The van der Waals surface area contributed by atoms with E-state index < -0.39 is 5.60 Å². The molecule has 0 saturated carbocycles. The predicted molar refractivity (Wildman–Crippen MR) is 87.9 cm³/mol. The minimum Gasteiger partial charge on any atom is -0.385 e. The van der Waals surface area contributed by atoms with Gasteiger partial charge in [-0.1, -0.05) is 53.2 Å². The molecule has 0 bridgehead atoms. The smallest absolute Gasteiger partial charge is 0.0934 e. The van der Waals surface area contributed by atoms with Gasteiger partial charge in [0, 0.05) is 10.9 Å². The fourth-order valence-corrected chi connectivity index (χ4v) is 2.86. The van der Waals surface area contributed by atoms with Gasteiger partial charge in [-0.25, -0.2) is 0 Å². The van der Waals surface area contributed by atoms with Crippen molar-refractivity contribution in [3.05, 3.63) is 69.2 Å². The zero-order valence-corrected chi connectivity index (χ0v) is 13.9. The molecule has 106 valence electrons. The first-order chi connectivity index (χ1) is 9.44. The highest BCUT2D eigenvalue weighted by Gasteiger charge is 2.27. The van der Waals surface area contributed by atoms with E-state index in [1.54, 1.807) is 0 Å². The number of halogens is 1. The molecule has 0 aliphatic heterocycles. The van der Waals surface area contributed by atoms with Crippen LogP contribution in [0.15, 0.2) is 46.9 Å². The zero-order valence-electron chi connectivity index (χ0n) is 12.3. The van der Waals surface area contributed by atoms with Gasteiger partial charge in [0.2, 0.25) is 0 Å². The van der Waals surface area contributed by atoms with Gasteiger partial charge < -0.3 is 5.11 Å². The van der Waals surface area contributed by atoms with Crippen molar-refractivity contribution >= 4 is 15.9 Å². The SMILES string of the molecule is CCC(O)(Cc1ccc(C)c(C)c1)c1cccc(Br)c1. The Bertz CT molecular complexity index is 606. The standard InChI is InChI=1S/C18H21BrO/c1-4-18(20,16-6-5-7-17(19)11-16)12-15-9-8-13(2)14(3)10-15/h5-11,20H,4,12H2,1-3H3. The van der Waals surface area contributed by atoms with Crippen molar-refractivity contribution in [3.63, 3.8) is 0 Å². The molecule has 0 amide bonds. The monoisotopic (exact) mass is 332 g/mol. The number of aliphatic hydroxyl groups is 1. The van der Waals surface area contributed by atoms with Crippen molar-refractivity contribution < 1.29 is 5.11 Å². The maximum absolute atomic E-state index is 11.0. The topological polar surface area (TPSA) is 20.2 Å². The van der Waals surface area contributed by atoms with Crippen LogP contribution in [0.2, 0.25) is 0 Å². The largest absolute Gasteiger partial charge is 0.385 e. The number of hydrogen-bond acceptors (Lipinski definition) is 1. The normalized spacial score (nSPS) is 14.1. The molecular weight excluding hydrogens is 312 g/mol. The van der Waals surface area contributed by atoms with Crippen LogP contribution in [0.3, 0.4) is 0 Å². The molecule has 0 aliphatic carbocycles. The fourth-order valence-electron chi connectivity index (χ4n) is 2.46. The summed E-state index contributed by atoms with van der Waals surface area (Å²) in [6.07, 6.45) is 1.33. The molecule has 0 heterocycles. The maximum atomic E-state index is 11.0. The molecule has 2 rings (SSSR count). The van der Waals surface area contributed by atoms with Crippen LogP contribution in [0.1, 0.15) is 35.6 Å². The lowest BCUT2D eigenvalue weighted by Gasteiger charge is -2.28. The summed E-state index contributed by atoms with van der Waals surface area (Å²) in [5.74, 6) is 0. The van der Waals surface area contributed by atoms with Crippen molar-refractivity contribution in [1.29, 1.82) is 0 Å². The highest BCUT2D eigenvalue weighted by Crippen LogP contribution is 2.31. The van der Waals surface area contributed by atoms with E-state index in [2.05, 4.69) is 48.0 Å². The molecule has 1 unspecified atom stereocenters. The lowest BCUT2D eigenvalue weighted by atomic mass is 9.84. The Labute approximate surface area is 129 Å². The van der Waals surface area contributed by atoms with Crippen LogP contribution in [0, 0.1) is 13.8 Å². The fraction of sp³-hybridized carbons (Fsp3) is 0.333. The molecule has 0 saturated heterocycles. The van der Waals surface area contributed by atoms with Gasteiger partial charge in [0.05, 0.1) is 5.60 Å². The van der Waals surface area contributed by atoms with Crippen molar-refractivity contribution in [3.8, 4) is 0 Å². The summed E-state index contributed by atoms with van der Waals surface area (Å²) >= 11 is 3.48. The zero-order chi connectivity index (χ0) is 14.8. The Kier molecular flexibility index (Phi) is 4.66. The van der Waals surface area contributed by atoms with Crippen molar-refractivity contribution in [2.75, 3.05) is 0 Å². The average molecular weight is 333 g/mol. The quantitative estimate of drug-likeness (QED) is 0.843. The molecule has 20 heavy (non-hydrogen) atoms. The Morgan fingerprint density at radius 1 is 1.05 bits per heavy atom. The molecule has 1 nitrogen and oxygen atoms in total. The van der Waals surface area contributed by atoms with Crippen LogP contribution in [0.4, 0.5) is 0 Å². The van der Waals surface area contributed by atoms with Crippen molar-refractivity contribution in [2.24, 2.45) is 0 Å². The van der Waals surface area contributed by atoms with E-state index in [0.29, 0.717) is 12.8 Å². The summed E-state index contributed by atoms with van der Waals surface area (Å²) in [5.41, 5.74) is 3.89. The average Bonchev–Trinajstić information content (AvgIpc) is 2.43. The molecule has 0 radical (unpaired) electrons. The summed E-state index contributed by atoms with van der Waals surface area (Å²) < 4.78 is 1.00. The van der Waals surface area contributed by atoms with Crippen LogP contribution in [-0.2, 0) is 12.0 Å².